The maximum absolute atomic E-state index is 13.1. The molecule has 6 nitrogen and oxygen atoms in total. The van der Waals surface area contributed by atoms with Gasteiger partial charge < -0.3 is 14.8 Å². The first-order chi connectivity index (χ1) is 13.5. The van der Waals surface area contributed by atoms with Crippen LogP contribution in [0.4, 0.5) is 5.69 Å². The summed E-state index contributed by atoms with van der Waals surface area (Å²) in [6.07, 6.45) is 0. The number of hydrogen-bond acceptors (Lipinski definition) is 5. The van der Waals surface area contributed by atoms with E-state index < -0.39 is 0 Å². The van der Waals surface area contributed by atoms with E-state index in [2.05, 4.69) is 5.32 Å². The molecule has 2 aromatic carbocycles. The van der Waals surface area contributed by atoms with E-state index in [1.165, 1.54) is 4.90 Å². The predicted octanol–water partition coefficient (Wildman–Crippen LogP) is 3.55. The molecule has 0 aliphatic carbocycles. The maximum Gasteiger partial charge on any atom is 0.278 e. The molecule has 0 saturated carbocycles. The van der Waals surface area contributed by atoms with Gasteiger partial charge >= 0.3 is 0 Å². The van der Waals surface area contributed by atoms with Crippen molar-refractivity contribution in [3.63, 3.8) is 0 Å². The second-order valence-corrected chi connectivity index (χ2v) is 6.92. The zero-order chi connectivity index (χ0) is 20.3. The topological polar surface area (TPSA) is 67.9 Å². The Morgan fingerprint density at radius 2 is 1.68 bits per heavy atom. The largest absolute Gasteiger partial charge is 0.497 e. The Labute approximate surface area is 164 Å². The van der Waals surface area contributed by atoms with Crippen LogP contribution in [0.25, 0.3) is 5.57 Å². The summed E-state index contributed by atoms with van der Waals surface area (Å²) in [5.74, 6) is 0.687. The van der Waals surface area contributed by atoms with Crippen LogP contribution >= 0.6 is 0 Å². The molecule has 0 atom stereocenters. The van der Waals surface area contributed by atoms with Crippen LogP contribution in [0, 0.1) is 5.92 Å². The molecule has 3 rings (SSSR count). The molecule has 0 radical (unpaired) electrons. The third-order valence-corrected chi connectivity index (χ3v) is 4.45. The van der Waals surface area contributed by atoms with Crippen LogP contribution in [-0.4, -0.2) is 37.5 Å². The molecular formula is C22H24N2O4. The van der Waals surface area contributed by atoms with E-state index in [1.54, 1.807) is 32.4 Å². The minimum Gasteiger partial charge on any atom is -0.497 e. The molecule has 0 fully saturated rings. The monoisotopic (exact) mass is 380 g/mol. The molecule has 0 unspecified atom stereocenters. The third-order valence-electron chi connectivity index (χ3n) is 4.45. The Balaban J connectivity index is 2.07. The van der Waals surface area contributed by atoms with E-state index in [9.17, 15) is 9.59 Å². The standard InChI is InChI=1S/C22H24N2O4/c1-14(2)13-24-21(25)19(15-8-6-5-7-9-15)20(22(24)26)23-17-11-10-16(27-3)12-18(17)28-4/h5-12,14,23H,13H2,1-4H3. The van der Waals surface area contributed by atoms with E-state index >= 15 is 0 Å². The molecule has 146 valence electrons. The van der Waals surface area contributed by atoms with Gasteiger partial charge in [-0.2, -0.15) is 0 Å². The smallest absolute Gasteiger partial charge is 0.278 e. The summed E-state index contributed by atoms with van der Waals surface area (Å²) in [6, 6.07) is 14.5. The lowest BCUT2D eigenvalue weighted by Crippen LogP contribution is -2.35. The van der Waals surface area contributed by atoms with Gasteiger partial charge in [0.25, 0.3) is 11.8 Å². The average molecular weight is 380 g/mol. The van der Waals surface area contributed by atoms with Crippen molar-refractivity contribution < 1.29 is 19.1 Å². The highest BCUT2D eigenvalue weighted by molar-refractivity contribution is 6.36. The molecule has 0 bridgehead atoms. The highest BCUT2D eigenvalue weighted by Gasteiger charge is 2.39. The lowest BCUT2D eigenvalue weighted by Gasteiger charge is -2.18. The molecule has 2 amide bonds. The normalized spacial score (nSPS) is 14.1. The van der Waals surface area contributed by atoms with Crippen molar-refractivity contribution in [3.05, 3.63) is 59.8 Å². The first-order valence-corrected chi connectivity index (χ1v) is 9.11. The Kier molecular flexibility index (Phi) is 5.68. The van der Waals surface area contributed by atoms with Crippen LogP contribution in [0.15, 0.2) is 54.2 Å². The SMILES string of the molecule is COc1ccc(NC2=C(c3ccccc3)C(=O)N(CC(C)C)C2=O)c(OC)c1. The van der Waals surface area contributed by atoms with E-state index in [1.807, 2.05) is 44.2 Å². The molecule has 1 heterocycles. The molecule has 1 aliphatic heterocycles. The fourth-order valence-corrected chi connectivity index (χ4v) is 3.13. The van der Waals surface area contributed by atoms with Crippen molar-refractivity contribution in [2.75, 3.05) is 26.1 Å². The Morgan fingerprint density at radius 3 is 2.29 bits per heavy atom. The Bertz CT molecular complexity index is 919. The van der Waals surface area contributed by atoms with Crippen molar-refractivity contribution in [3.8, 4) is 11.5 Å². The van der Waals surface area contributed by atoms with Gasteiger partial charge in [-0.3, -0.25) is 14.5 Å². The van der Waals surface area contributed by atoms with Gasteiger partial charge in [0, 0.05) is 12.6 Å². The molecule has 0 saturated heterocycles. The zero-order valence-electron chi connectivity index (χ0n) is 16.5. The second-order valence-electron chi connectivity index (χ2n) is 6.92. The minimum atomic E-state index is -0.338. The van der Waals surface area contributed by atoms with E-state index in [4.69, 9.17) is 9.47 Å². The number of methoxy groups -OCH3 is 2. The Morgan fingerprint density at radius 1 is 0.964 bits per heavy atom. The van der Waals surface area contributed by atoms with Crippen molar-refractivity contribution in [2.24, 2.45) is 5.92 Å². The first kappa shape index (κ1) is 19.5. The molecule has 2 aromatic rings. The van der Waals surface area contributed by atoms with Gasteiger partial charge in [0.2, 0.25) is 0 Å². The number of benzene rings is 2. The van der Waals surface area contributed by atoms with Gasteiger partial charge in [-0.25, -0.2) is 0 Å². The number of nitrogens with zero attached hydrogens (tertiary/aromatic N) is 1. The van der Waals surface area contributed by atoms with Crippen molar-refractivity contribution >= 4 is 23.1 Å². The molecule has 1 N–H and O–H groups in total. The molecule has 6 heteroatoms. The van der Waals surface area contributed by atoms with Gasteiger partial charge in [-0.15, -0.1) is 0 Å². The van der Waals surface area contributed by atoms with Gasteiger partial charge in [0.05, 0.1) is 25.5 Å². The quantitative estimate of drug-likeness (QED) is 0.744. The number of amides is 2. The fourth-order valence-electron chi connectivity index (χ4n) is 3.13. The summed E-state index contributed by atoms with van der Waals surface area (Å²) >= 11 is 0. The van der Waals surface area contributed by atoms with Gasteiger partial charge in [0.15, 0.2) is 0 Å². The van der Waals surface area contributed by atoms with E-state index in [-0.39, 0.29) is 23.4 Å². The van der Waals surface area contributed by atoms with Crippen LogP contribution < -0.4 is 14.8 Å². The number of ether oxygens (including phenoxy) is 2. The Hall–Kier alpha value is -3.28. The number of hydrogen-bond donors (Lipinski definition) is 1. The first-order valence-electron chi connectivity index (χ1n) is 9.11. The highest BCUT2D eigenvalue weighted by atomic mass is 16.5. The summed E-state index contributed by atoms with van der Waals surface area (Å²) in [4.78, 5) is 27.4. The second kappa shape index (κ2) is 8.17. The number of rotatable bonds is 7. The summed E-state index contributed by atoms with van der Waals surface area (Å²) in [5.41, 5.74) is 1.89. The van der Waals surface area contributed by atoms with Gasteiger partial charge in [0.1, 0.15) is 17.2 Å². The van der Waals surface area contributed by atoms with Crippen LogP contribution in [0.3, 0.4) is 0 Å². The summed E-state index contributed by atoms with van der Waals surface area (Å²) in [6.45, 7) is 4.31. The zero-order valence-corrected chi connectivity index (χ0v) is 16.5. The lowest BCUT2D eigenvalue weighted by molar-refractivity contribution is -0.137. The fraction of sp³-hybridized carbons (Fsp3) is 0.273. The number of carbonyl (C=O) groups is 2. The number of anilines is 1. The molecular weight excluding hydrogens is 356 g/mol. The average Bonchev–Trinajstić information content (AvgIpc) is 2.92. The van der Waals surface area contributed by atoms with Crippen LogP contribution in [0.2, 0.25) is 0 Å². The summed E-state index contributed by atoms with van der Waals surface area (Å²) in [5, 5.41) is 3.13. The number of imide groups is 1. The number of nitrogens with one attached hydrogen (secondary N) is 1. The maximum atomic E-state index is 13.1. The lowest BCUT2D eigenvalue weighted by atomic mass is 10.0. The molecule has 0 aromatic heterocycles. The van der Waals surface area contributed by atoms with E-state index in [0.29, 0.717) is 34.9 Å². The molecule has 28 heavy (non-hydrogen) atoms. The molecule has 0 spiro atoms. The van der Waals surface area contributed by atoms with Crippen LogP contribution in [0.5, 0.6) is 11.5 Å². The van der Waals surface area contributed by atoms with Gasteiger partial charge in [-0.1, -0.05) is 44.2 Å². The van der Waals surface area contributed by atoms with Crippen molar-refractivity contribution in [1.82, 2.24) is 4.90 Å². The van der Waals surface area contributed by atoms with Crippen LogP contribution in [0.1, 0.15) is 19.4 Å². The summed E-state index contributed by atoms with van der Waals surface area (Å²) < 4.78 is 10.6. The van der Waals surface area contributed by atoms with Crippen molar-refractivity contribution in [2.45, 2.75) is 13.8 Å². The van der Waals surface area contributed by atoms with Crippen molar-refractivity contribution in [1.29, 1.82) is 0 Å². The number of carbonyl (C=O) groups excluding carboxylic acids is 2. The third kappa shape index (κ3) is 3.71. The predicted molar refractivity (Wildman–Crippen MR) is 108 cm³/mol. The van der Waals surface area contributed by atoms with Crippen LogP contribution in [-0.2, 0) is 9.59 Å². The minimum absolute atomic E-state index is 0.166. The molecule has 1 aliphatic rings. The van der Waals surface area contributed by atoms with E-state index in [0.717, 1.165) is 0 Å². The summed E-state index contributed by atoms with van der Waals surface area (Å²) in [7, 11) is 3.11. The van der Waals surface area contributed by atoms with Gasteiger partial charge in [-0.05, 0) is 23.6 Å². The highest BCUT2D eigenvalue weighted by Crippen LogP contribution is 2.35.